The summed E-state index contributed by atoms with van der Waals surface area (Å²) in [5.74, 6) is -1.02. The van der Waals surface area contributed by atoms with Gasteiger partial charge in [-0.15, -0.1) is 0 Å². The predicted octanol–water partition coefficient (Wildman–Crippen LogP) is 7.66. The minimum absolute atomic E-state index is 0.0525. The number of halogens is 4. The highest BCUT2D eigenvalue weighted by Gasteiger charge is 2.35. The van der Waals surface area contributed by atoms with Gasteiger partial charge in [0.05, 0.1) is 20.6 Å². The highest BCUT2D eigenvalue weighted by molar-refractivity contribution is 7.92. The van der Waals surface area contributed by atoms with E-state index in [1.54, 1.807) is 36.4 Å². The minimum Gasteiger partial charge on any atom is -0.352 e. The van der Waals surface area contributed by atoms with Crippen LogP contribution in [-0.2, 0) is 32.6 Å². The summed E-state index contributed by atoms with van der Waals surface area (Å²) in [6.07, 6.45) is 0.174. The number of hydrogen-bond acceptors (Lipinski definition) is 4. The fourth-order valence-electron chi connectivity index (χ4n) is 4.66. The van der Waals surface area contributed by atoms with Crippen molar-refractivity contribution in [3.63, 3.8) is 0 Å². The molecule has 0 heterocycles. The standard InChI is InChI=1S/C33H31Cl4N3O4S/c1-22(2)38-33(42)31(18-23-7-4-3-5-8-23)39(20-24-11-16-29(36)30(37)17-24)32(41)21-40(27-10-6-9-26(35)19-27)45(43,44)28-14-12-25(34)13-15-28/h3-17,19,22,31H,18,20-21H2,1-2H3,(H,38,42)/t31-/m0/s1. The van der Waals surface area contributed by atoms with E-state index in [1.165, 1.54) is 35.2 Å². The molecule has 0 radical (unpaired) electrons. The van der Waals surface area contributed by atoms with Crippen LogP contribution in [0, 0.1) is 0 Å². The molecule has 12 heteroatoms. The second kappa shape index (κ2) is 15.3. The highest BCUT2D eigenvalue weighted by atomic mass is 35.5. The summed E-state index contributed by atoms with van der Waals surface area (Å²) in [5, 5.41) is 4.16. The monoisotopic (exact) mass is 705 g/mol. The van der Waals surface area contributed by atoms with Crippen LogP contribution in [0.1, 0.15) is 25.0 Å². The summed E-state index contributed by atoms with van der Waals surface area (Å²) in [7, 11) is -4.30. The number of nitrogens with one attached hydrogen (secondary N) is 1. The van der Waals surface area contributed by atoms with E-state index in [9.17, 15) is 18.0 Å². The van der Waals surface area contributed by atoms with Crippen LogP contribution in [0.4, 0.5) is 5.69 Å². The van der Waals surface area contributed by atoms with Gasteiger partial charge in [0.25, 0.3) is 10.0 Å². The molecule has 0 saturated heterocycles. The Morgan fingerprint density at radius 2 is 1.44 bits per heavy atom. The lowest BCUT2D eigenvalue weighted by molar-refractivity contribution is -0.140. The molecule has 45 heavy (non-hydrogen) atoms. The molecule has 0 aliphatic rings. The van der Waals surface area contributed by atoms with Crippen molar-refractivity contribution in [2.24, 2.45) is 0 Å². The summed E-state index contributed by atoms with van der Waals surface area (Å²) in [6.45, 7) is 2.96. The molecule has 0 unspecified atom stereocenters. The predicted molar refractivity (Wildman–Crippen MR) is 182 cm³/mol. The van der Waals surface area contributed by atoms with Crippen molar-refractivity contribution in [3.8, 4) is 0 Å². The number of anilines is 1. The molecule has 0 bridgehead atoms. The van der Waals surface area contributed by atoms with Gasteiger partial charge in [-0.2, -0.15) is 0 Å². The lowest BCUT2D eigenvalue weighted by Crippen LogP contribution is -2.54. The third-order valence-electron chi connectivity index (χ3n) is 6.82. The smallest absolute Gasteiger partial charge is 0.264 e. The average Bonchev–Trinajstić information content (AvgIpc) is 2.99. The molecular formula is C33H31Cl4N3O4S. The Morgan fingerprint density at radius 1 is 0.756 bits per heavy atom. The molecule has 0 aliphatic carbocycles. The summed E-state index contributed by atoms with van der Waals surface area (Å²) in [4.78, 5) is 29.5. The van der Waals surface area contributed by atoms with Crippen LogP contribution < -0.4 is 9.62 Å². The molecule has 4 aromatic carbocycles. The number of carbonyl (C=O) groups is 2. The number of benzene rings is 4. The van der Waals surface area contributed by atoms with E-state index < -0.39 is 34.4 Å². The normalized spacial score (nSPS) is 12.1. The maximum absolute atomic E-state index is 14.4. The molecule has 4 aromatic rings. The topological polar surface area (TPSA) is 86.8 Å². The second-order valence-corrected chi connectivity index (χ2v) is 14.1. The lowest BCUT2D eigenvalue weighted by Gasteiger charge is -2.34. The number of sulfonamides is 1. The third-order valence-corrected chi connectivity index (χ3v) is 9.83. The zero-order valence-corrected chi connectivity index (χ0v) is 28.3. The van der Waals surface area contributed by atoms with E-state index in [2.05, 4.69) is 5.32 Å². The SMILES string of the molecule is CC(C)NC(=O)[C@H](Cc1ccccc1)N(Cc1ccc(Cl)c(Cl)c1)C(=O)CN(c1cccc(Cl)c1)S(=O)(=O)c1ccc(Cl)cc1. The summed E-state index contributed by atoms with van der Waals surface area (Å²) in [5.41, 5.74) is 1.59. The molecule has 0 aromatic heterocycles. The van der Waals surface area contributed by atoms with Gasteiger partial charge in [-0.25, -0.2) is 8.42 Å². The first-order valence-electron chi connectivity index (χ1n) is 14.0. The van der Waals surface area contributed by atoms with Crippen molar-refractivity contribution >= 4 is 73.9 Å². The first-order chi connectivity index (χ1) is 21.3. The van der Waals surface area contributed by atoms with Crippen molar-refractivity contribution < 1.29 is 18.0 Å². The van der Waals surface area contributed by atoms with E-state index in [-0.39, 0.29) is 39.6 Å². The Hall–Kier alpha value is -3.27. The van der Waals surface area contributed by atoms with Crippen molar-refractivity contribution in [2.45, 2.75) is 43.8 Å². The number of nitrogens with zero attached hydrogens (tertiary/aromatic N) is 2. The van der Waals surface area contributed by atoms with Gasteiger partial charge in [-0.1, -0.05) is 88.9 Å². The minimum atomic E-state index is -4.30. The second-order valence-electron chi connectivity index (χ2n) is 10.6. The van der Waals surface area contributed by atoms with Gasteiger partial charge in [0.1, 0.15) is 12.6 Å². The molecule has 1 atom stereocenters. The Bertz CT molecular complexity index is 1750. The maximum Gasteiger partial charge on any atom is 0.264 e. The summed E-state index contributed by atoms with van der Waals surface area (Å²) >= 11 is 24.8. The quantitative estimate of drug-likeness (QED) is 0.164. The van der Waals surface area contributed by atoms with Crippen LogP contribution in [0.5, 0.6) is 0 Å². The summed E-state index contributed by atoms with van der Waals surface area (Å²) in [6, 6.07) is 24.8. The molecule has 0 aliphatic heterocycles. The number of rotatable bonds is 12. The van der Waals surface area contributed by atoms with Gasteiger partial charge in [-0.3, -0.25) is 13.9 Å². The zero-order chi connectivity index (χ0) is 32.7. The van der Waals surface area contributed by atoms with E-state index in [1.807, 2.05) is 44.2 Å². The molecule has 4 rings (SSSR count). The van der Waals surface area contributed by atoms with Crippen molar-refractivity contribution in [1.29, 1.82) is 0 Å². The van der Waals surface area contributed by atoms with Crippen LogP contribution in [0.15, 0.2) is 102 Å². The van der Waals surface area contributed by atoms with Gasteiger partial charge in [0.15, 0.2) is 0 Å². The number of hydrogen-bond donors (Lipinski definition) is 1. The van der Waals surface area contributed by atoms with Crippen LogP contribution in [0.25, 0.3) is 0 Å². The Kier molecular flexibility index (Phi) is 11.8. The number of carbonyl (C=O) groups excluding carboxylic acids is 2. The Labute approximate surface area is 283 Å². The fourth-order valence-corrected chi connectivity index (χ4v) is 6.70. The molecule has 7 nitrogen and oxygen atoms in total. The first kappa shape index (κ1) is 34.6. The van der Waals surface area contributed by atoms with E-state index in [0.717, 1.165) is 9.87 Å². The maximum atomic E-state index is 14.4. The molecular weight excluding hydrogens is 676 g/mol. The molecule has 1 N–H and O–H groups in total. The van der Waals surface area contributed by atoms with Gasteiger partial charge < -0.3 is 10.2 Å². The Morgan fingerprint density at radius 3 is 2.07 bits per heavy atom. The Balaban J connectivity index is 1.82. The first-order valence-corrected chi connectivity index (χ1v) is 16.9. The van der Waals surface area contributed by atoms with Crippen LogP contribution in [-0.4, -0.2) is 43.8 Å². The highest BCUT2D eigenvalue weighted by Crippen LogP contribution is 2.29. The molecule has 0 spiro atoms. The zero-order valence-electron chi connectivity index (χ0n) is 24.5. The van der Waals surface area contributed by atoms with Crippen molar-refractivity contribution in [1.82, 2.24) is 10.2 Å². The van der Waals surface area contributed by atoms with Crippen LogP contribution in [0.3, 0.4) is 0 Å². The van der Waals surface area contributed by atoms with E-state index in [4.69, 9.17) is 46.4 Å². The largest absolute Gasteiger partial charge is 0.352 e. The number of amides is 2. The molecule has 2 amide bonds. The van der Waals surface area contributed by atoms with Gasteiger partial charge in [-0.05, 0) is 79.6 Å². The van der Waals surface area contributed by atoms with E-state index in [0.29, 0.717) is 15.6 Å². The average molecular weight is 708 g/mol. The molecule has 0 fully saturated rings. The molecule has 0 saturated carbocycles. The van der Waals surface area contributed by atoms with Crippen LogP contribution >= 0.6 is 46.4 Å². The van der Waals surface area contributed by atoms with Gasteiger partial charge >= 0.3 is 0 Å². The van der Waals surface area contributed by atoms with Crippen LogP contribution in [0.2, 0.25) is 20.1 Å². The lowest BCUT2D eigenvalue weighted by atomic mass is 10.0. The third kappa shape index (κ3) is 9.15. The summed E-state index contributed by atoms with van der Waals surface area (Å²) < 4.78 is 29.1. The van der Waals surface area contributed by atoms with Crippen molar-refractivity contribution in [3.05, 3.63) is 128 Å². The van der Waals surface area contributed by atoms with Crippen molar-refractivity contribution in [2.75, 3.05) is 10.8 Å². The van der Waals surface area contributed by atoms with Gasteiger partial charge in [0, 0.05) is 29.1 Å². The molecule has 236 valence electrons. The fraction of sp³-hybridized carbons (Fsp3) is 0.212. The van der Waals surface area contributed by atoms with E-state index >= 15 is 0 Å². The van der Waals surface area contributed by atoms with Gasteiger partial charge in [0.2, 0.25) is 11.8 Å².